The van der Waals surface area contributed by atoms with Gasteiger partial charge in [0.2, 0.25) is 5.79 Å². The summed E-state index contributed by atoms with van der Waals surface area (Å²) in [6.45, 7) is 6.53. The van der Waals surface area contributed by atoms with Crippen molar-refractivity contribution in [3.8, 4) is 0 Å². The van der Waals surface area contributed by atoms with Crippen molar-refractivity contribution in [1.82, 2.24) is 0 Å². The van der Waals surface area contributed by atoms with E-state index in [0.29, 0.717) is 12.0 Å². The summed E-state index contributed by atoms with van der Waals surface area (Å²) in [5.41, 5.74) is -7.93. The number of ether oxygens (including phenoxy) is 3. The molecule has 0 radical (unpaired) electrons. The van der Waals surface area contributed by atoms with E-state index in [1.807, 2.05) is 0 Å². The Morgan fingerprint density at radius 3 is 2.50 bits per heavy atom. The zero-order chi connectivity index (χ0) is 27.4. The largest absolute Gasteiger partial charge is 0.458 e. The summed E-state index contributed by atoms with van der Waals surface area (Å²) in [5.74, 6) is -9.59. The van der Waals surface area contributed by atoms with Gasteiger partial charge in [-0.1, -0.05) is 31.6 Å². The molecule has 0 aromatic heterocycles. The summed E-state index contributed by atoms with van der Waals surface area (Å²) >= 11 is 0. The molecular formula is C28H32O10. The third-order valence-electron chi connectivity index (χ3n) is 11.8. The van der Waals surface area contributed by atoms with Crippen molar-refractivity contribution in [3.05, 3.63) is 23.8 Å². The van der Waals surface area contributed by atoms with E-state index in [1.54, 1.807) is 26.8 Å². The van der Waals surface area contributed by atoms with Crippen LogP contribution in [0.1, 0.15) is 53.4 Å². The second-order valence-corrected chi connectivity index (χ2v) is 13.1. The number of esters is 2. The van der Waals surface area contributed by atoms with Crippen molar-refractivity contribution < 1.29 is 48.7 Å². The lowest BCUT2D eigenvalue weighted by atomic mass is 9.46. The summed E-state index contributed by atoms with van der Waals surface area (Å²) in [7, 11) is 0. The average molecular weight is 529 g/mol. The summed E-state index contributed by atoms with van der Waals surface area (Å²) in [6, 6.07) is 0. The smallest absolute Gasteiger partial charge is 0.342 e. The van der Waals surface area contributed by atoms with E-state index in [0.717, 1.165) is 0 Å². The van der Waals surface area contributed by atoms with Gasteiger partial charge in [-0.25, -0.2) is 4.79 Å². The van der Waals surface area contributed by atoms with Crippen LogP contribution in [0.15, 0.2) is 23.8 Å². The number of Topliss-reactive ketones (excluding diaryl/α,β-unsaturated/α-hetero) is 1. The number of hydrogen-bond donors (Lipinski definition) is 3. The van der Waals surface area contributed by atoms with Gasteiger partial charge in [0.05, 0.1) is 29.3 Å². The molecule has 12 atom stereocenters. The second-order valence-electron chi connectivity index (χ2n) is 13.1. The minimum absolute atomic E-state index is 0.0287. The zero-order valence-electron chi connectivity index (χ0n) is 21.7. The molecule has 10 heteroatoms. The molecule has 0 aromatic carbocycles. The van der Waals surface area contributed by atoms with Gasteiger partial charge in [-0.15, -0.1) is 0 Å². The normalized spacial score (nSPS) is 58.1. The van der Waals surface area contributed by atoms with Gasteiger partial charge in [0, 0.05) is 0 Å². The SMILES string of the molecule is C[C@@H]1C(=O)OC2C[C@@]1(C)C1C(=O)[C@@]3(O)O[C@@]14[C@@](O)(CCC1C3C(O)C=C3CC=CC(=O)[C@@]31C)C(=O)O[C@@]24C. The maximum atomic E-state index is 14.6. The summed E-state index contributed by atoms with van der Waals surface area (Å²) in [6.07, 6.45) is 2.66. The molecule has 5 unspecified atom stereocenters. The Morgan fingerprint density at radius 1 is 1.08 bits per heavy atom. The molecule has 5 fully saturated rings. The summed E-state index contributed by atoms with van der Waals surface area (Å²) in [5, 5.41) is 36.1. The molecule has 0 amide bonds. The van der Waals surface area contributed by atoms with E-state index < -0.39 is 87.0 Å². The van der Waals surface area contributed by atoms with Crippen molar-refractivity contribution >= 4 is 23.5 Å². The third kappa shape index (κ3) is 2.19. The highest BCUT2D eigenvalue weighted by Crippen LogP contribution is 2.73. The fourth-order valence-electron chi connectivity index (χ4n) is 9.51. The van der Waals surface area contributed by atoms with Gasteiger partial charge in [0.15, 0.2) is 28.4 Å². The van der Waals surface area contributed by atoms with Crippen LogP contribution < -0.4 is 0 Å². The molecule has 38 heavy (non-hydrogen) atoms. The Hall–Kier alpha value is -2.40. The van der Waals surface area contributed by atoms with Crippen molar-refractivity contribution in [2.24, 2.45) is 34.5 Å². The van der Waals surface area contributed by atoms with Crippen molar-refractivity contribution in [3.63, 3.8) is 0 Å². The molecule has 3 aliphatic carbocycles. The quantitative estimate of drug-likeness (QED) is 0.299. The van der Waals surface area contributed by atoms with Crippen LogP contribution in [0.5, 0.6) is 0 Å². The van der Waals surface area contributed by atoms with E-state index in [9.17, 15) is 34.5 Å². The Kier molecular flexibility index (Phi) is 4.31. The number of aliphatic hydroxyl groups is 3. The van der Waals surface area contributed by atoms with Gasteiger partial charge in [-0.3, -0.25) is 14.4 Å². The maximum absolute atomic E-state index is 14.6. The molecular weight excluding hydrogens is 496 g/mol. The minimum Gasteiger partial charge on any atom is -0.458 e. The lowest BCUT2D eigenvalue weighted by molar-refractivity contribution is -0.350. The van der Waals surface area contributed by atoms with E-state index in [-0.39, 0.29) is 25.0 Å². The van der Waals surface area contributed by atoms with Crippen LogP contribution >= 0.6 is 0 Å². The van der Waals surface area contributed by atoms with Gasteiger partial charge in [0.1, 0.15) is 6.10 Å². The first-order chi connectivity index (χ1) is 17.6. The molecule has 204 valence electrons. The van der Waals surface area contributed by atoms with Crippen molar-refractivity contribution in [1.29, 1.82) is 0 Å². The summed E-state index contributed by atoms with van der Waals surface area (Å²) < 4.78 is 18.0. The van der Waals surface area contributed by atoms with Gasteiger partial charge in [-0.05, 0) is 56.9 Å². The minimum atomic E-state index is -2.67. The monoisotopic (exact) mass is 528 g/mol. The van der Waals surface area contributed by atoms with E-state index >= 15 is 0 Å². The van der Waals surface area contributed by atoms with E-state index in [2.05, 4.69) is 0 Å². The number of ketones is 2. The first-order valence-corrected chi connectivity index (χ1v) is 13.4. The van der Waals surface area contributed by atoms with Crippen molar-refractivity contribution in [2.45, 2.75) is 88.2 Å². The number of aliphatic hydroxyl groups excluding tert-OH is 1. The topological polar surface area (TPSA) is 157 Å². The van der Waals surface area contributed by atoms with Gasteiger partial charge in [0.25, 0.3) is 0 Å². The van der Waals surface area contributed by atoms with Crippen LogP contribution in [-0.2, 0) is 33.4 Å². The molecule has 4 heterocycles. The summed E-state index contributed by atoms with van der Waals surface area (Å²) in [4.78, 5) is 54.6. The number of carbonyl (C=O) groups excluding carboxylic acids is 4. The van der Waals surface area contributed by atoms with Crippen LogP contribution in [0.3, 0.4) is 0 Å². The zero-order valence-corrected chi connectivity index (χ0v) is 21.7. The van der Waals surface area contributed by atoms with Crippen LogP contribution in [0.25, 0.3) is 0 Å². The Morgan fingerprint density at radius 2 is 1.79 bits per heavy atom. The first kappa shape index (κ1) is 24.6. The highest BCUT2D eigenvalue weighted by Gasteiger charge is 2.92. The second kappa shape index (κ2) is 6.66. The van der Waals surface area contributed by atoms with E-state index in [1.165, 1.54) is 19.1 Å². The Bertz CT molecular complexity index is 1300. The number of carbonyl (C=O) groups is 4. The van der Waals surface area contributed by atoms with Gasteiger partial charge in [-0.2, -0.15) is 0 Å². The number of fused-ring (bicyclic) bond motifs is 9. The molecule has 1 saturated carbocycles. The molecule has 7 aliphatic rings. The Labute approximate surface area is 219 Å². The predicted octanol–water partition coefficient (Wildman–Crippen LogP) is 0.510. The molecule has 0 aromatic rings. The molecule has 7 rings (SSSR count). The predicted molar refractivity (Wildman–Crippen MR) is 126 cm³/mol. The number of allylic oxidation sites excluding steroid dienone is 3. The number of hydrogen-bond acceptors (Lipinski definition) is 10. The molecule has 3 N–H and O–H groups in total. The average Bonchev–Trinajstić information content (AvgIpc) is 3.19. The fraction of sp³-hybridized carbons (Fsp3) is 0.714. The standard InChI is InChI=1S/C28H32O10/c1-12-21(32)36-17-11-23(12,2)19-20(31)27(35)18-14(24(3)13(10-15(18)29)6-5-7-16(24)30)8-9-26(34)22(33)37-25(17,4)28(19,26)38-27/h5,7,10,12,14-15,17-19,29,34-35H,6,8-9,11H2,1-4H3/t12-,14?,15?,17?,18?,19?,23-,24+,25+,26-,27+,28+/m1/s1. The molecule has 4 saturated heterocycles. The molecule has 4 aliphatic heterocycles. The first-order valence-electron chi connectivity index (χ1n) is 13.4. The van der Waals surface area contributed by atoms with Crippen LogP contribution in [0.4, 0.5) is 0 Å². The van der Waals surface area contributed by atoms with Crippen LogP contribution in [0, 0.1) is 34.5 Å². The van der Waals surface area contributed by atoms with E-state index in [4.69, 9.17) is 14.2 Å². The fourth-order valence-corrected chi connectivity index (χ4v) is 9.51. The highest BCUT2D eigenvalue weighted by molar-refractivity contribution is 6.01. The Balaban J connectivity index is 1.52. The van der Waals surface area contributed by atoms with Gasteiger partial charge < -0.3 is 29.5 Å². The molecule has 4 bridgehead atoms. The van der Waals surface area contributed by atoms with Crippen LogP contribution in [0.2, 0.25) is 0 Å². The highest BCUT2D eigenvalue weighted by atomic mass is 16.7. The molecule has 10 nitrogen and oxygen atoms in total. The third-order valence-corrected chi connectivity index (χ3v) is 11.8. The lowest BCUT2D eigenvalue weighted by Gasteiger charge is -2.61. The lowest BCUT2D eigenvalue weighted by Crippen LogP contribution is -2.78. The number of rotatable bonds is 0. The van der Waals surface area contributed by atoms with Crippen molar-refractivity contribution in [2.75, 3.05) is 0 Å². The van der Waals surface area contributed by atoms with Gasteiger partial charge >= 0.3 is 11.9 Å². The maximum Gasteiger partial charge on any atom is 0.342 e. The molecule has 1 spiro atoms. The van der Waals surface area contributed by atoms with Crippen LogP contribution in [-0.4, -0.2) is 73.6 Å².